The van der Waals surface area contributed by atoms with E-state index in [1.165, 1.54) is 12.1 Å². The zero-order chi connectivity index (χ0) is 35.4. The lowest BCUT2D eigenvalue weighted by atomic mass is 10.0. The van der Waals surface area contributed by atoms with Crippen molar-refractivity contribution in [1.29, 1.82) is 0 Å². The molecule has 268 valence electrons. The number of aliphatic hydroxyl groups is 1. The van der Waals surface area contributed by atoms with Crippen LogP contribution in [0.4, 0.5) is 18.9 Å². The summed E-state index contributed by atoms with van der Waals surface area (Å²) in [6.45, 7) is 7.94. The predicted octanol–water partition coefficient (Wildman–Crippen LogP) is 5.91. The Bertz CT molecular complexity index is 1310. The number of likely N-dealkylation sites (N-methyl/N-ethyl adjacent to an activating group) is 1. The van der Waals surface area contributed by atoms with Gasteiger partial charge in [-0.3, -0.25) is 14.5 Å². The number of aliphatic hydroxyl groups excluding tert-OH is 1. The summed E-state index contributed by atoms with van der Waals surface area (Å²) >= 11 is 0. The van der Waals surface area contributed by atoms with Crippen LogP contribution in [0.15, 0.2) is 42.5 Å². The van der Waals surface area contributed by atoms with Crippen LogP contribution >= 0.6 is 0 Å². The molecule has 1 heterocycles. The van der Waals surface area contributed by atoms with Gasteiger partial charge in [0.15, 0.2) is 0 Å². The molecule has 9 nitrogen and oxygen atoms in total. The molecule has 0 spiro atoms. The van der Waals surface area contributed by atoms with Crippen molar-refractivity contribution in [3.05, 3.63) is 59.2 Å². The fourth-order valence-corrected chi connectivity index (χ4v) is 5.72. The summed E-state index contributed by atoms with van der Waals surface area (Å²) in [5.74, 6) is -0.219. The second-order valence-corrected chi connectivity index (χ2v) is 13.4. The van der Waals surface area contributed by atoms with E-state index in [1.54, 1.807) is 30.0 Å². The highest BCUT2D eigenvalue weighted by Gasteiger charge is 2.31. The number of hydrogen-bond donors (Lipinski definition) is 2. The van der Waals surface area contributed by atoms with E-state index in [0.717, 1.165) is 43.5 Å². The van der Waals surface area contributed by atoms with E-state index >= 15 is 0 Å². The van der Waals surface area contributed by atoms with Crippen LogP contribution in [0.3, 0.4) is 0 Å². The Kier molecular flexibility index (Phi) is 15.2. The minimum atomic E-state index is -4.39. The van der Waals surface area contributed by atoms with Gasteiger partial charge in [-0.1, -0.05) is 19.1 Å². The van der Waals surface area contributed by atoms with Crippen LogP contribution in [0.2, 0.25) is 0 Å². The molecule has 0 saturated heterocycles. The van der Waals surface area contributed by atoms with Crippen molar-refractivity contribution >= 4 is 17.5 Å². The van der Waals surface area contributed by atoms with Gasteiger partial charge in [-0.2, -0.15) is 13.2 Å². The Morgan fingerprint density at radius 1 is 1.10 bits per heavy atom. The molecule has 0 aliphatic carbocycles. The first-order valence-corrected chi connectivity index (χ1v) is 16.8. The molecule has 2 aromatic carbocycles. The number of benzene rings is 2. The molecule has 0 unspecified atom stereocenters. The number of nitrogens with one attached hydrogen (secondary N) is 1. The molecule has 0 radical (unpaired) electrons. The number of rotatable bonds is 11. The van der Waals surface area contributed by atoms with Crippen molar-refractivity contribution in [2.75, 3.05) is 59.3 Å². The number of amides is 2. The van der Waals surface area contributed by atoms with Gasteiger partial charge in [-0.25, -0.2) is 0 Å². The van der Waals surface area contributed by atoms with Gasteiger partial charge >= 0.3 is 6.18 Å². The summed E-state index contributed by atoms with van der Waals surface area (Å²) in [7, 11) is 5.80. The first-order valence-electron chi connectivity index (χ1n) is 16.8. The number of fused-ring (bicyclic) bond motifs is 1. The number of nitrogens with zero attached hydrogens (tertiary/aromatic N) is 3. The molecule has 0 aromatic heterocycles. The van der Waals surface area contributed by atoms with Crippen LogP contribution in [-0.2, 0) is 22.3 Å². The lowest BCUT2D eigenvalue weighted by molar-refractivity contribution is -0.137. The third-order valence-electron chi connectivity index (χ3n) is 8.57. The molecule has 0 bridgehead atoms. The van der Waals surface area contributed by atoms with Crippen LogP contribution in [0.5, 0.6) is 5.75 Å². The highest BCUT2D eigenvalue weighted by molar-refractivity contribution is 5.99. The van der Waals surface area contributed by atoms with Crippen molar-refractivity contribution in [1.82, 2.24) is 14.7 Å². The average molecular weight is 679 g/mol. The Labute approximate surface area is 283 Å². The van der Waals surface area contributed by atoms with E-state index < -0.39 is 17.8 Å². The summed E-state index contributed by atoms with van der Waals surface area (Å²) < 4.78 is 51.8. The summed E-state index contributed by atoms with van der Waals surface area (Å²) in [5.41, 5.74) is 0.853. The minimum Gasteiger partial charge on any atom is -0.490 e. The number of hydrogen-bond acceptors (Lipinski definition) is 7. The van der Waals surface area contributed by atoms with E-state index in [0.29, 0.717) is 49.5 Å². The quantitative estimate of drug-likeness (QED) is 0.305. The molecule has 2 N–H and O–H groups in total. The second-order valence-electron chi connectivity index (χ2n) is 13.4. The molecule has 12 heteroatoms. The molecule has 0 saturated carbocycles. The van der Waals surface area contributed by atoms with Crippen molar-refractivity contribution in [2.24, 2.45) is 5.92 Å². The van der Waals surface area contributed by atoms with Gasteiger partial charge in [0.05, 0.1) is 36.0 Å². The fraction of sp³-hybridized carbons (Fsp3) is 0.611. The first-order chi connectivity index (χ1) is 22.7. The average Bonchev–Trinajstić information content (AvgIpc) is 3.02. The van der Waals surface area contributed by atoms with Gasteiger partial charge in [0.25, 0.3) is 5.91 Å². The van der Waals surface area contributed by atoms with E-state index in [-0.39, 0.29) is 43.1 Å². The van der Waals surface area contributed by atoms with Crippen LogP contribution in [-0.4, -0.2) is 104 Å². The number of alkyl halides is 3. The van der Waals surface area contributed by atoms with E-state index in [9.17, 15) is 27.9 Å². The second kappa shape index (κ2) is 18.5. The third kappa shape index (κ3) is 12.4. The number of ether oxygens (including phenoxy) is 2. The van der Waals surface area contributed by atoms with E-state index in [2.05, 4.69) is 5.32 Å². The molecule has 4 atom stereocenters. The van der Waals surface area contributed by atoms with E-state index in [4.69, 9.17) is 9.47 Å². The van der Waals surface area contributed by atoms with Crippen LogP contribution < -0.4 is 10.1 Å². The monoisotopic (exact) mass is 678 g/mol. The zero-order valence-corrected chi connectivity index (χ0v) is 29.2. The SMILES string of the molecule is C[C@H](CO)N1C[C@H](C)[C@@H](CN(C)Cc2ccc(C(F)(F)F)cc2)OCCCC[C@H](C)Oc2ccc(NC(=O)CCCN(C)C)cc2C1=O. The van der Waals surface area contributed by atoms with Crippen LogP contribution in [0.25, 0.3) is 0 Å². The first kappa shape index (κ1) is 39.3. The van der Waals surface area contributed by atoms with Crippen LogP contribution in [0, 0.1) is 5.92 Å². The molecule has 2 aromatic rings. The highest BCUT2D eigenvalue weighted by atomic mass is 19.4. The maximum atomic E-state index is 14.3. The molecule has 2 amide bonds. The Hall–Kier alpha value is -3.19. The minimum absolute atomic E-state index is 0.144. The van der Waals surface area contributed by atoms with E-state index in [1.807, 2.05) is 44.8 Å². The number of carbonyl (C=O) groups excluding carboxylic acids is 2. The number of halogens is 3. The maximum absolute atomic E-state index is 14.3. The predicted molar refractivity (Wildman–Crippen MR) is 181 cm³/mol. The van der Waals surface area contributed by atoms with Crippen molar-refractivity contribution in [3.63, 3.8) is 0 Å². The molecular formula is C36H53F3N4O5. The third-order valence-corrected chi connectivity index (χ3v) is 8.57. The Morgan fingerprint density at radius 2 is 1.81 bits per heavy atom. The summed E-state index contributed by atoms with van der Waals surface area (Å²) in [6.07, 6.45) is -1.43. The Balaban J connectivity index is 1.85. The van der Waals surface area contributed by atoms with Crippen molar-refractivity contribution in [3.8, 4) is 5.75 Å². The standard InChI is InChI=1S/C36H53F3N4O5/c1-25-21-43(26(2)24-44)35(46)31-20-30(40-34(45)11-9-18-41(4)5)16-17-32(31)48-27(3)10-7-8-19-47-33(25)23-42(6)22-28-12-14-29(15-13-28)36(37,38)39/h12-17,20,25-27,33,44H,7-11,18-19,21-24H2,1-6H3,(H,40,45)/t25-,26+,27-,33+/m0/s1. The van der Waals surface area contributed by atoms with Gasteiger partial charge in [0.2, 0.25) is 5.91 Å². The topological polar surface area (TPSA) is 94.6 Å². The maximum Gasteiger partial charge on any atom is 0.416 e. The molecular weight excluding hydrogens is 625 g/mol. The lowest BCUT2D eigenvalue weighted by Gasteiger charge is -2.36. The molecule has 1 aliphatic rings. The Morgan fingerprint density at radius 3 is 2.46 bits per heavy atom. The van der Waals surface area contributed by atoms with Gasteiger partial charge in [0.1, 0.15) is 5.75 Å². The number of carbonyl (C=O) groups is 2. The van der Waals surface area contributed by atoms with Crippen LogP contribution in [0.1, 0.15) is 74.4 Å². The van der Waals surface area contributed by atoms with Crippen molar-refractivity contribution in [2.45, 2.75) is 83.8 Å². The van der Waals surface area contributed by atoms with Gasteiger partial charge in [-0.05, 0) is 103 Å². The zero-order valence-electron chi connectivity index (χ0n) is 29.2. The molecule has 3 rings (SSSR count). The summed E-state index contributed by atoms with van der Waals surface area (Å²) in [4.78, 5) is 32.6. The van der Waals surface area contributed by atoms with Gasteiger partial charge < -0.3 is 29.7 Å². The smallest absolute Gasteiger partial charge is 0.416 e. The summed E-state index contributed by atoms with van der Waals surface area (Å²) in [6, 6.07) is 9.75. The van der Waals surface area contributed by atoms with Gasteiger partial charge in [0, 0.05) is 44.3 Å². The highest BCUT2D eigenvalue weighted by Crippen LogP contribution is 2.30. The molecule has 48 heavy (non-hydrogen) atoms. The fourth-order valence-electron chi connectivity index (χ4n) is 5.72. The lowest BCUT2D eigenvalue weighted by Crippen LogP contribution is -2.47. The molecule has 0 fully saturated rings. The largest absolute Gasteiger partial charge is 0.490 e. The van der Waals surface area contributed by atoms with Crippen molar-refractivity contribution < 1.29 is 37.3 Å². The summed E-state index contributed by atoms with van der Waals surface area (Å²) in [5, 5.41) is 13.1. The normalized spacial score (nSPS) is 20.6. The van der Waals surface area contributed by atoms with Gasteiger partial charge in [-0.15, -0.1) is 0 Å². The molecule has 1 aliphatic heterocycles. The number of anilines is 1.